The third-order valence-electron chi connectivity index (χ3n) is 5.90. The molecule has 1 aliphatic heterocycles. The molecule has 0 bridgehead atoms. The van der Waals surface area contributed by atoms with E-state index in [9.17, 15) is 9.59 Å². The van der Waals surface area contributed by atoms with Gasteiger partial charge in [-0.1, -0.05) is 77.4 Å². The fraction of sp³-hybridized carbons (Fsp3) is 0.808. The molecule has 0 aromatic rings. The molecule has 0 saturated heterocycles. The third-order valence-corrected chi connectivity index (χ3v) is 5.90. The average Bonchev–Trinajstić information content (AvgIpc) is 2.88. The number of carbonyl (C=O) groups excluding carboxylic acids is 2. The number of allylic oxidation sites excluding steroid dienone is 2. The highest BCUT2D eigenvalue weighted by Gasteiger charge is 2.23. The smallest absolute Gasteiger partial charge is 0.246 e. The molecule has 0 fully saturated rings. The lowest BCUT2D eigenvalue weighted by Crippen LogP contribution is -2.48. The van der Waals surface area contributed by atoms with Crippen LogP contribution in [0.4, 0.5) is 0 Å². The minimum absolute atomic E-state index is 0.0552. The summed E-state index contributed by atoms with van der Waals surface area (Å²) in [5.74, 6) is -0.115. The number of nitrogens with zero attached hydrogens (tertiary/aromatic N) is 2. The standard InChI is InChI=1S/C26H47N3O2/c1-4-6-7-8-9-10-11-12-13-14-15-16-17-18-19-20-25(30)28-29-22-24(5-2)27-23(3)21-26(29)31/h12-13,24H,4-11,14-22H2,1-3H3,(H,28,30)/b13-12-. The molecule has 5 heteroatoms. The number of hydrogen-bond donors (Lipinski definition) is 1. The summed E-state index contributed by atoms with van der Waals surface area (Å²) in [5.41, 5.74) is 3.66. The Morgan fingerprint density at radius 3 is 2.16 bits per heavy atom. The second kappa shape index (κ2) is 18.0. The van der Waals surface area contributed by atoms with E-state index in [1.807, 2.05) is 6.92 Å². The molecule has 178 valence electrons. The van der Waals surface area contributed by atoms with E-state index >= 15 is 0 Å². The molecule has 0 aromatic heterocycles. The quantitative estimate of drug-likeness (QED) is 0.209. The highest BCUT2D eigenvalue weighted by Crippen LogP contribution is 2.11. The van der Waals surface area contributed by atoms with E-state index in [0.29, 0.717) is 19.4 Å². The maximum absolute atomic E-state index is 12.3. The van der Waals surface area contributed by atoms with Crippen molar-refractivity contribution in [3.8, 4) is 0 Å². The summed E-state index contributed by atoms with van der Waals surface area (Å²) in [6.45, 7) is 6.68. The predicted octanol–water partition coefficient (Wildman–Crippen LogP) is 6.53. The van der Waals surface area contributed by atoms with Crippen molar-refractivity contribution in [1.82, 2.24) is 10.4 Å². The molecule has 31 heavy (non-hydrogen) atoms. The molecule has 0 aliphatic carbocycles. The Labute approximate surface area is 191 Å². The Bertz CT molecular complexity index is 557. The topological polar surface area (TPSA) is 61.8 Å². The van der Waals surface area contributed by atoms with Gasteiger partial charge < -0.3 is 0 Å². The second-order valence-corrected chi connectivity index (χ2v) is 8.98. The number of nitrogens with one attached hydrogen (secondary N) is 1. The lowest BCUT2D eigenvalue weighted by Gasteiger charge is -2.23. The fourth-order valence-corrected chi connectivity index (χ4v) is 3.92. The van der Waals surface area contributed by atoms with Crippen LogP contribution in [0.5, 0.6) is 0 Å². The van der Waals surface area contributed by atoms with Crippen LogP contribution in [0.1, 0.15) is 124 Å². The van der Waals surface area contributed by atoms with Gasteiger partial charge in [0.15, 0.2) is 0 Å². The zero-order valence-corrected chi connectivity index (χ0v) is 20.5. The van der Waals surface area contributed by atoms with Gasteiger partial charge in [0.25, 0.3) is 0 Å². The van der Waals surface area contributed by atoms with Gasteiger partial charge in [-0.05, 0) is 45.4 Å². The van der Waals surface area contributed by atoms with E-state index in [1.165, 1.54) is 75.6 Å². The number of carbonyl (C=O) groups is 2. The van der Waals surface area contributed by atoms with Crippen molar-refractivity contribution in [3.05, 3.63) is 12.2 Å². The van der Waals surface area contributed by atoms with Crippen molar-refractivity contribution < 1.29 is 9.59 Å². The molecule has 0 radical (unpaired) electrons. The van der Waals surface area contributed by atoms with Gasteiger partial charge in [0.1, 0.15) is 0 Å². The minimum atomic E-state index is -0.0601. The Morgan fingerprint density at radius 1 is 0.968 bits per heavy atom. The van der Waals surface area contributed by atoms with Gasteiger partial charge in [0, 0.05) is 12.1 Å². The van der Waals surface area contributed by atoms with Crippen LogP contribution in [0.2, 0.25) is 0 Å². The van der Waals surface area contributed by atoms with Gasteiger partial charge >= 0.3 is 0 Å². The first kappa shape index (κ1) is 27.4. The van der Waals surface area contributed by atoms with E-state index < -0.39 is 0 Å². The molecule has 5 nitrogen and oxygen atoms in total. The van der Waals surface area contributed by atoms with E-state index in [2.05, 4.69) is 36.4 Å². The lowest BCUT2D eigenvalue weighted by atomic mass is 10.1. The normalized spacial score (nSPS) is 17.1. The largest absolute Gasteiger partial charge is 0.289 e. The zero-order valence-electron chi connectivity index (χ0n) is 20.5. The lowest BCUT2D eigenvalue weighted by molar-refractivity contribution is -0.140. The second-order valence-electron chi connectivity index (χ2n) is 8.98. The molecule has 1 rings (SSSR count). The summed E-state index contributed by atoms with van der Waals surface area (Å²) < 4.78 is 0. The Hall–Kier alpha value is -1.65. The van der Waals surface area contributed by atoms with Crippen molar-refractivity contribution in [2.24, 2.45) is 4.99 Å². The Morgan fingerprint density at radius 2 is 1.55 bits per heavy atom. The molecule has 0 saturated carbocycles. The summed E-state index contributed by atoms with van der Waals surface area (Å²) in [7, 11) is 0. The van der Waals surface area contributed by atoms with Gasteiger partial charge in [-0.2, -0.15) is 0 Å². The maximum atomic E-state index is 12.3. The summed E-state index contributed by atoms with van der Waals surface area (Å²) in [5, 5.41) is 1.48. The number of aliphatic imine (C=N–C) groups is 1. The molecule has 1 atom stereocenters. The minimum Gasteiger partial charge on any atom is -0.289 e. The van der Waals surface area contributed by atoms with Crippen molar-refractivity contribution in [2.75, 3.05) is 6.54 Å². The average molecular weight is 434 g/mol. The van der Waals surface area contributed by atoms with Crippen molar-refractivity contribution >= 4 is 17.5 Å². The van der Waals surface area contributed by atoms with Crippen LogP contribution >= 0.6 is 0 Å². The molecule has 0 spiro atoms. The summed E-state index contributed by atoms with van der Waals surface area (Å²) in [6, 6.07) is 0.0756. The van der Waals surface area contributed by atoms with Crippen LogP contribution in [0.25, 0.3) is 0 Å². The van der Waals surface area contributed by atoms with Crippen molar-refractivity contribution in [1.29, 1.82) is 0 Å². The van der Waals surface area contributed by atoms with Crippen molar-refractivity contribution in [3.63, 3.8) is 0 Å². The van der Waals surface area contributed by atoms with E-state index in [0.717, 1.165) is 25.0 Å². The maximum Gasteiger partial charge on any atom is 0.246 e. The predicted molar refractivity (Wildman–Crippen MR) is 131 cm³/mol. The van der Waals surface area contributed by atoms with Crippen LogP contribution in [0.3, 0.4) is 0 Å². The summed E-state index contributed by atoms with van der Waals surface area (Å²) in [6.07, 6.45) is 22.5. The van der Waals surface area contributed by atoms with Gasteiger partial charge in [0.2, 0.25) is 11.8 Å². The van der Waals surface area contributed by atoms with E-state index in [-0.39, 0.29) is 17.9 Å². The Balaban J connectivity index is 2.00. The first-order valence-electron chi connectivity index (χ1n) is 12.8. The zero-order chi connectivity index (χ0) is 22.7. The number of rotatable bonds is 17. The highest BCUT2D eigenvalue weighted by molar-refractivity contribution is 6.00. The fourth-order valence-electron chi connectivity index (χ4n) is 3.92. The molecular weight excluding hydrogens is 386 g/mol. The molecule has 1 N–H and O–H groups in total. The SMILES string of the molecule is CCCCCCCC/C=C\CCCCCCCC(=O)NN1CC(CC)N=C(C)CC1=O. The summed E-state index contributed by atoms with van der Waals surface area (Å²) >= 11 is 0. The van der Waals surface area contributed by atoms with E-state index in [1.54, 1.807) is 0 Å². The molecule has 0 aromatic carbocycles. The van der Waals surface area contributed by atoms with Gasteiger partial charge in [0.05, 0.1) is 19.0 Å². The number of hydrogen-bond acceptors (Lipinski definition) is 3. The number of unbranched alkanes of at least 4 members (excludes halogenated alkanes) is 11. The van der Waals surface area contributed by atoms with Crippen LogP contribution in [0.15, 0.2) is 17.1 Å². The Kier molecular flexibility index (Phi) is 15.9. The van der Waals surface area contributed by atoms with E-state index in [4.69, 9.17) is 0 Å². The monoisotopic (exact) mass is 433 g/mol. The molecule has 1 heterocycles. The first-order chi connectivity index (χ1) is 15.1. The van der Waals surface area contributed by atoms with Crippen molar-refractivity contribution in [2.45, 2.75) is 130 Å². The van der Waals surface area contributed by atoms with Gasteiger partial charge in [-0.25, -0.2) is 0 Å². The summed E-state index contributed by atoms with van der Waals surface area (Å²) in [4.78, 5) is 29.0. The van der Waals surface area contributed by atoms with Crippen LogP contribution in [-0.2, 0) is 9.59 Å². The molecule has 1 aliphatic rings. The van der Waals surface area contributed by atoms with Crippen LogP contribution in [0, 0.1) is 0 Å². The first-order valence-corrected chi connectivity index (χ1v) is 12.8. The number of hydrazine groups is 1. The highest BCUT2D eigenvalue weighted by atomic mass is 16.2. The van der Waals surface area contributed by atoms with Gasteiger partial charge in [-0.15, -0.1) is 0 Å². The van der Waals surface area contributed by atoms with Crippen LogP contribution < -0.4 is 5.43 Å². The van der Waals surface area contributed by atoms with Crippen LogP contribution in [-0.4, -0.2) is 35.1 Å². The molecule has 1 unspecified atom stereocenters. The molecular formula is C26H47N3O2. The van der Waals surface area contributed by atoms with Gasteiger partial charge in [-0.3, -0.25) is 25.0 Å². The molecule has 2 amide bonds. The number of amides is 2. The third kappa shape index (κ3) is 14.1.